The molecule has 0 unspecified atom stereocenters. The first-order valence-electron chi connectivity index (χ1n) is 10.4. The van der Waals surface area contributed by atoms with Gasteiger partial charge in [0.15, 0.2) is 5.16 Å². The number of anilines is 1. The third kappa shape index (κ3) is 6.44. The monoisotopic (exact) mass is 508 g/mol. The fraction of sp³-hybridized carbons (Fsp3) is 0.348. The number of nitrogens with zero attached hydrogens (tertiary/aromatic N) is 3. The van der Waals surface area contributed by atoms with Gasteiger partial charge in [-0.3, -0.25) is 4.79 Å². The highest BCUT2D eigenvalue weighted by molar-refractivity contribution is 7.99. The van der Waals surface area contributed by atoms with Crippen LogP contribution in [0.25, 0.3) is 0 Å². The fourth-order valence-electron chi connectivity index (χ4n) is 3.25. The molecule has 1 aromatic heterocycles. The van der Waals surface area contributed by atoms with Crippen molar-refractivity contribution in [3.63, 3.8) is 0 Å². The molecule has 0 fully saturated rings. The van der Waals surface area contributed by atoms with Gasteiger partial charge in [0, 0.05) is 28.0 Å². The second-order valence-electron chi connectivity index (χ2n) is 7.17. The Kier molecular flexibility index (Phi) is 9.34. The van der Waals surface area contributed by atoms with Gasteiger partial charge in [0.2, 0.25) is 5.91 Å². The van der Waals surface area contributed by atoms with E-state index in [1.807, 2.05) is 37.3 Å². The van der Waals surface area contributed by atoms with Crippen LogP contribution in [0.4, 0.5) is 5.69 Å². The predicted molar refractivity (Wildman–Crippen MR) is 137 cm³/mol. The van der Waals surface area contributed by atoms with Crippen molar-refractivity contribution >= 4 is 58.3 Å². The maximum Gasteiger partial charge on any atom is 0.234 e. The number of hydrogen-bond donors (Lipinski definition) is 1. The van der Waals surface area contributed by atoms with Crippen LogP contribution in [-0.2, 0) is 29.3 Å². The molecule has 0 aliphatic rings. The standard InChI is InChI=1S/C23H26Cl2N4OS2/c1-4-16-8-6-7-15(3)22(16)26-21(30)14-32-23-28-27-20(29(23)5-2)13-31-12-17-9-10-18(24)11-19(17)25/h6-11H,4-5,12-14H2,1-3H3,(H,26,30). The van der Waals surface area contributed by atoms with Gasteiger partial charge in [-0.1, -0.05) is 66.2 Å². The van der Waals surface area contributed by atoms with Crippen LogP contribution < -0.4 is 5.32 Å². The van der Waals surface area contributed by atoms with Crippen LogP contribution in [-0.4, -0.2) is 26.4 Å². The lowest BCUT2D eigenvalue weighted by Crippen LogP contribution is -2.16. The first kappa shape index (κ1) is 25.0. The van der Waals surface area contributed by atoms with Gasteiger partial charge >= 0.3 is 0 Å². The van der Waals surface area contributed by atoms with Crippen LogP contribution in [0.15, 0.2) is 41.6 Å². The van der Waals surface area contributed by atoms with Crippen LogP contribution in [0.2, 0.25) is 10.0 Å². The molecule has 0 atom stereocenters. The second kappa shape index (κ2) is 12.0. The third-order valence-electron chi connectivity index (χ3n) is 4.95. The SMILES string of the molecule is CCc1cccc(C)c1NC(=O)CSc1nnc(CSCc2ccc(Cl)cc2Cl)n1CC. The van der Waals surface area contributed by atoms with Gasteiger partial charge in [-0.15, -0.1) is 22.0 Å². The van der Waals surface area contributed by atoms with E-state index in [2.05, 4.69) is 33.9 Å². The number of benzene rings is 2. The summed E-state index contributed by atoms with van der Waals surface area (Å²) in [6.45, 7) is 6.89. The van der Waals surface area contributed by atoms with Crippen LogP contribution in [0.1, 0.15) is 36.4 Å². The zero-order valence-corrected chi connectivity index (χ0v) is 21.5. The van der Waals surface area contributed by atoms with E-state index < -0.39 is 0 Å². The van der Waals surface area contributed by atoms with Crippen molar-refractivity contribution < 1.29 is 4.79 Å². The molecule has 1 N–H and O–H groups in total. The van der Waals surface area contributed by atoms with E-state index in [1.54, 1.807) is 17.8 Å². The Morgan fingerprint density at radius 2 is 1.91 bits per heavy atom. The van der Waals surface area contributed by atoms with Gasteiger partial charge in [-0.05, 0) is 49.1 Å². The molecule has 0 radical (unpaired) electrons. The number of amides is 1. The van der Waals surface area contributed by atoms with Crippen LogP contribution in [0, 0.1) is 6.92 Å². The minimum atomic E-state index is -0.0436. The Labute approximate surface area is 207 Å². The van der Waals surface area contributed by atoms with Crippen LogP contribution >= 0.6 is 46.7 Å². The van der Waals surface area contributed by atoms with Gasteiger partial charge in [-0.2, -0.15) is 0 Å². The highest BCUT2D eigenvalue weighted by atomic mass is 35.5. The lowest BCUT2D eigenvalue weighted by Gasteiger charge is -2.13. The van der Waals surface area contributed by atoms with Gasteiger partial charge < -0.3 is 9.88 Å². The zero-order chi connectivity index (χ0) is 23.1. The second-order valence-corrected chi connectivity index (χ2v) is 9.94. The third-order valence-corrected chi connectivity index (χ3v) is 7.48. The Balaban J connectivity index is 1.57. The van der Waals surface area contributed by atoms with E-state index in [0.29, 0.717) is 15.8 Å². The molecule has 32 heavy (non-hydrogen) atoms. The number of nitrogens with one attached hydrogen (secondary N) is 1. The number of aryl methyl sites for hydroxylation is 2. The van der Waals surface area contributed by atoms with Gasteiger partial charge in [0.25, 0.3) is 0 Å². The largest absolute Gasteiger partial charge is 0.325 e. The molecule has 0 spiro atoms. The lowest BCUT2D eigenvalue weighted by atomic mass is 10.1. The van der Waals surface area contributed by atoms with Crippen molar-refractivity contribution in [2.24, 2.45) is 0 Å². The van der Waals surface area contributed by atoms with Crippen molar-refractivity contribution in [3.05, 3.63) is 69.0 Å². The quantitative estimate of drug-likeness (QED) is 0.311. The first-order valence-corrected chi connectivity index (χ1v) is 13.3. The number of thioether (sulfide) groups is 2. The molecular weight excluding hydrogens is 483 g/mol. The molecule has 5 nitrogen and oxygen atoms in total. The smallest absolute Gasteiger partial charge is 0.234 e. The summed E-state index contributed by atoms with van der Waals surface area (Å²) in [5.41, 5.74) is 4.16. The Morgan fingerprint density at radius 1 is 1.09 bits per heavy atom. The van der Waals surface area contributed by atoms with E-state index in [0.717, 1.165) is 52.1 Å². The Hall–Kier alpha value is -1.67. The van der Waals surface area contributed by atoms with Crippen LogP contribution in [0.3, 0.4) is 0 Å². The summed E-state index contributed by atoms with van der Waals surface area (Å²) in [6.07, 6.45) is 0.872. The molecule has 0 aliphatic heterocycles. The Morgan fingerprint density at radius 3 is 2.62 bits per heavy atom. The molecule has 0 saturated carbocycles. The molecule has 170 valence electrons. The summed E-state index contributed by atoms with van der Waals surface area (Å²) in [5, 5.41) is 13.8. The number of rotatable bonds is 10. The van der Waals surface area contributed by atoms with E-state index >= 15 is 0 Å². The molecule has 0 aliphatic carbocycles. The number of aromatic nitrogens is 3. The molecule has 0 saturated heterocycles. The molecule has 3 aromatic rings. The maximum absolute atomic E-state index is 12.6. The van der Waals surface area contributed by atoms with Crippen molar-refractivity contribution in [2.45, 2.75) is 50.4 Å². The lowest BCUT2D eigenvalue weighted by molar-refractivity contribution is -0.113. The number of para-hydroxylation sites is 1. The number of halogens is 2. The first-order chi connectivity index (χ1) is 15.4. The number of carbonyl (C=O) groups is 1. The minimum absolute atomic E-state index is 0.0436. The summed E-state index contributed by atoms with van der Waals surface area (Å²) in [4.78, 5) is 12.6. The van der Waals surface area contributed by atoms with Gasteiger partial charge in [-0.25, -0.2) is 0 Å². The average Bonchev–Trinajstić information content (AvgIpc) is 3.17. The minimum Gasteiger partial charge on any atom is -0.325 e. The van der Waals surface area contributed by atoms with Gasteiger partial charge in [0.1, 0.15) is 5.82 Å². The summed E-state index contributed by atoms with van der Waals surface area (Å²) >= 11 is 15.3. The average molecular weight is 510 g/mol. The highest BCUT2D eigenvalue weighted by Crippen LogP contribution is 2.27. The van der Waals surface area contributed by atoms with E-state index in [1.165, 1.54) is 11.8 Å². The van der Waals surface area contributed by atoms with Gasteiger partial charge in [0.05, 0.1) is 11.5 Å². The summed E-state index contributed by atoms with van der Waals surface area (Å²) in [5.74, 6) is 2.59. The summed E-state index contributed by atoms with van der Waals surface area (Å²) in [7, 11) is 0. The fourth-order valence-corrected chi connectivity index (χ4v) is 5.59. The summed E-state index contributed by atoms with van der Waals surface area (Å²) < 4.78 is 2.06. The summed E-state index contributed by atoms with van der Waals surface area (Å²) in [6, 6.07) is 11.6. The molecule has 3 rings (SSSR count). The molecule has 2 aromatic carbocycles. The van der Waals surface area contributed by atoms with E-state index in [4.69, 9.17) is 23.2 Å². The van der Waals surface area contributed by atoms with Crippen molar-refractivity contribution in [1.82, 2.24) is 14.8 Å². The van der Waals surface area contributed by atoms with E-state index in [-0.39, 0.29) is 11.7 Å². The predicted octanol–water partition coefficient (Wildman–Crippen LogP) is 6.64. The number of carbonyl (C=O) groups excluding carboxylic acids is 1. The van der Waals surface area contributed by atoms with Crippen LogP contribution in [0.5, 0.6) is 0 Å². The van der Waals surface area contributed by atoms with Crippen molar-refractivity contribution in [1.29, 1.82) is 0 Å². The maximum atomic E-state index is 12.6. The molecular formula is C23H26Cl2N4OS2. The van der Waals surface area contributed by atoms with Crippen molar-refractivity contribution in [3.8, 4) is 0 Å². The molecule has 1 heterocycles. The normalized spacial score (nSPS) is 11.0. The Bertz CT molecular complexity index is 1090. The molecule has 1 amide bonds. The molecule has 9 heteroatoms. The number of hydrogen-bond acceptors (Lipinski definition) is 5. The molecule has 0 bridgehead atoms. The van der Waals surface area contributed by atoms with E-state index in [9.17, 15) is 4.79 Å². The van der Waals surface area contributed by atoms with Crippen molar-refractivity contribution in [2.75, 3.05) is 11.1 Å². The topological polar surface area (TPSA) is 59.8 Å². The zero-order valence-electron chi connectivity index (χ0n) is 18.3. The highest BCUT2D eigenvalue weighted by Gasteiger charge is 2.15.